The third kappa shape index (κ3) is 4.21. The van der Waals surface area contributed by atoms with Crippen LogP contribution in [0.4, 0.5) is 0 Å². The van der Waals surface area contributed by atoms with Crippen LogP contribution >= 0.6 is 11.6 Å². The number of likely N-dealkylation sites (tertiary alicyclic amines) is 1. The predicted octanol–water partition coefficient (Wildman–Crippen LogP) is 2.68. The van der Waals surface area contributed by atoms with Crippen molar-refractivity contribution in [3.8, 4) is 0 Å². The number of nitrogens with one attached hydrogen (secondary N) is 1. The van der Waals surface area contributed by atoms with E-state index in [4.69, 9.17) is 16.7 Å². The fraction of sp³-hybridized carbons (Fsp3) is 0.571. The van der Waals surface area contributed by atoms with Gasteiger partial charge >= 0.3 is 0 Å². The maximum atomic E-state index is 6.34. The number of aromatic nitrogens is 2. The van der Waals surface area contributed by atoms with Gasteiger partial charge in [-0.3, -0.25) is 14.5 Å². The van der Waals surface area contributed by atoms with Gasteiger partial charge in [-0.25, -0.2) is 0 Å². The molecule has 146 valence electrons. The molecule has 2 saturated heterocycles. The molecule has 2 aliphatic heterocycles. The molecule has 2 aromatic rings. The van der Waals surface area contributed by atoms with Gasteiger partial charge in [0.15, 0.2) is 0 Å². The highest BCUT2D eigenvalue weighted by atomic mass is 35.5. The monoisotopic (exact) mass is 387 g/mol. The van der Waals surface area contributed by atoms with E-state index in [2.05, 4.69) is 39.7 Å². The second-order valence-corrected chi connectivity index (χ2v) is 8.27. The van der Waals surface area contributed by atoms with E-state index in [0.29, 0.717) is 6.04 Å². The average Bonchev–Trinajstić information content (AvgIpc) is 3.25. The van der Waals surface area contributed by atoms with Gasteiger partial charge in [0.1, 0.15) is 0 Å². The maximum Gasteiger partial charge on any atom is 0.0677 e. The summed E-state index contributed by atoms with van der Waals surface area (Å²) in [6.45, 7) is 13.0. The van der Waals surface area contributed by atoms with Gasteiger partial charge in [-0.1, -0.05) is 29.8 Å². The molecule has 27 heavy (non-hydrogen) atoms. The first-order chi connectivity index (χ1) is 13.1. The first-order valence-electron chi connectivity index (χ1n) is 10.0. The predicted molar refractivity (Wildman–Crippen MR) is 110 cm³/mol. The molecule has 5 nitrogen and oxygen atoms in total. The van der Waals surface area contributed by atoms with Crippen LogP contribution < -0.4 is 5.32 Å². The van der Waals surface area contributed by atoms with Crippen molar-refractivity contribution in [1.82, 2.24) is 24.9 Å². The Morgan fingerprint density at radius 3 is 2.67 bits per heavy atom. The van der Waals surface area contributed by atoms with Crippen molar-refractivity contribution in [3.63, 3.8) is 0 Å². The summed E-state index contributed by atoms with van der Waals surface area (Å²) in [6, 6.07) is 8.75. The zero-order valence-corrected chi connectivity index (χ0v) is 17.2. The summed E-state index contributed by atoms with van der Waals surface area (Å²) in [5.74, 6) is 0. The molecule has 1 aromatic carbocycles. The molecule has 0 amide bonds. The second-order valence-electron chi connectivity index (χ2n) is 7.86. The molecule has 1 N–H and O–H groups in total. The van der Waals surface area contributed by atoms with Crippen molar-refractivity contribution < 1.29 is 0 Å². The lowest BCUT2D eigenvalue weighted by Crippen LogP contribution is -2.49. The number of hydrogen-bond acceptors (Lipinski definition) is 4. The topological polar surface area (TPSA) is 36.3 Å². The Morgan fingerprint density at radius 1 is 1.11 bits per heavy atom. The van der Waals surface area contributed by atoms with E-state index in [0.717, 1.165) is 42.5 Å². The van der Waals surface area contributed by atoms with Gasteiger partial charge in [-0.2, -0.15) is 5.10 Å². The van der Waals surface area contributed by atoms with Crippen LogP contribution in [-0.2, 0) is 13.1 Å². The maximum absolute atomic E-state index is 6.34. The quantitative estimate of drug-likeness (QED) is 0.855. The van der Waals surface area contributed by atoms with Crippen LogP contribution in [-0.4, -0.2) is 64.9 Å². The van der Waals surface area contributed by atoms with Gasteiger partial charge in [0.05, 0.1) is 12.2 Å². The minimum atomic E-state index is 0.714. The largest absolute Gasteiger partial charge is 0.314 e. The third-order valence-electron chi connectivity index (χ3n) is 6.11. The van der Waals surface area contributed by atoms with Crippen LogP contribution in [0.2, 0.25) is 5.02 Å². The van der Waals surface area contributed by atoms with Crippen LogP contribution in [0.1, 0.15) is 28.9 Å². The molecule has 4 rings (SSSR count). The molecular weight excluding hydrogens is 358 g/mol. The molecule has 0 radical (unpaired) electrons. The van der Waals surface area contributed by atoms with E-state index in [9.17, 15) is 0 Å². The standard InChI is InChI=1S/C21H30ClN5/c1-16-20(15-25-10-7-19(14-25)26-11-8-23-9-12-26)17(2)27(24-16)13-18-5-3-4-6-21(18)22/h3-6,19,23H,7-15H2,1-2H3. The lowest BCUT2D eigenvalue weighted by molar-refractivity contribution is 0.170. The van der Waals surface area contributed by atoms with E-state index < -0.39 is 0 Å². The molecule has 2 fully saturated rings. The fourth-order valence-corrected chi connectivity index (χ4v) is 4.62. The summed E-state index contributed by atoms with van der Waals surface area (Å²) in [6.07, 6.45) is 1.28. The van der Waals surface area contributed by atoms with Gasteiger partial charge in [0, 0.05) is 68.1 Å². The highest BCUT2D eigenvalue weighted by molar-refractivity contribution is 6.31. The van der Waals surface area contributed by atoms with Gasteiger partial charge in [-0.15, -0.1) is 0 Å². The number of hydrogen-bond donors (Lipinski definition) is 1. The molecule has 1 aromatic heterocycles. The van der Waals surface area contributed by atoms with Crippen molar-refractivity contribution in [1.29, 1.82) is 0 Å². The average molecular weight is 388 g/mol. The van der Waals surface area contributed by atoms with Crippen molar-refractivity contribution >= 4 is 11.6 Å². The molecule has 3 heterocycles. The molecule has 1 unspecified atom stereocenters. The van der Waals surface area contributed by atoms with Crippen molar-refractivity contribution in [2.24, 2.45) is 0 Å². The number of aryl methyl sites for hydroxylation is 1. The summed E-state index contributed by atoms with van der Waals surface area (Å²) in [5, 5.41) is 9.08. The highest BCUT2D eigenvalue weighted by Crippen LogP contribution is 2.23. The van der Waals surface area contributed by atoms with Gasteiger partial charge in [-0.05, 0) is 31.9 Å². The Hall–Kier alpha value is -1.40. The summed E-state index contributed by atoms with van der Waals surface area (Å²) >= 11 is 6.34. The SMILES string of the molecule is Cc1nn(Cc2ccccc2Cl)c(C)c1CN1CCC(N2CCNCC2)C1. The number of piperazine rings is 1. The minimum absolute atomic E-state index is 0.714. The Labute approximate surface area is 167 Å². The summed E-state index contributed by atoms with van der Waals surface area (Å²) in [5.41, 5.74) is 4.91. The summed E-state index contributed by atoms with van der Waals surface area (Å²) in [7, 11) is 0. The molecule has 0 bridgehead atoms. The Kier molecular flexibility index (Phi) is 5.83. The van der Waals surface area contributed by atoms with E-state index in [-0.39, 0.29) is 0 Å². The minimum Gasteiger partial charge on any atom is -0.314 e. The molecule has 0 saturated carbocycles. The number of nitrogens with zero attached hydrogens (tertiary/aromatic N) is 4. The van der Waals surface area contributed by atoms with E-state index in [1.807, 2.05) is 18.2 Å². The van der Waals surface area contributed by atoms with Crippen LogP contribution in [0, 0.1) is 13.8 Å². The molecule has 0 aliphatic carbocycles. The Balaban J connectivity index is 1.42. The Morgan fingerprint density at radius 2 is 1.89 bits per heavy atom. The van der Waals surface area contributed by atoms with Gasteiger partial charge in [0.25, 0.3) is 0 Å². The fourth-order valence-electron chi connectivity index (χ4n) is 4.43. The summed E-state index contributed by atoms with van der Waals surface area (Å²) in [4.78, 5) is 5.26. The molecule has 2 aliphatic rings. The van der Waals surface area contributed by atoms with Crippen LogP contribution in [0.5, 0.6) is 0 Å². The van der Waals surface area contributed by atoms with Crippen molar-refractivity contribution in [2.45, 2.75) is 39.4 Å². The van der Waals surface area contributed by atoms with Gasteiger partial charge < -0.3 is 5.32 Å². The molecule has 1 atom stereocenters. The zero-order valence-electron chi connectivity index (χ0n) is 16.4. The summed E-state index contributed by atoms with van der Waals surface area (Å²) < 4.78 is 2.11. The lowest BCUT2D eigenvalue weighted by Gasteiger charge is -2.32. The molecule has 0 spiro atoms. The zero-order chi connectivity index (χ0) is 18.8. The smallest absolute Gasteiger partial charge is 0.0677 e. The Bertz CT molecular complexity index is 781. The van der Waals surface area contributed by atoms with Crippen LogP contribution in [0.25, 0.3) is 0 Å². The number of rotatable bonds is 5. The highest BCUT2D eigenvalue weighted by Gasteiger charge is 2.29. The second kappa shape index (κ2) is 8.31. The molecular formula is C21H30ClN5. The van der Waals surface area contributed by atoms with E-state index >= 15 is 0 Å². The number of halogens is 1. The third-order valence-corrected chi connectivity index (χ3v) is 6.48. The normalized spacial score (nSPS) is 21.8. The number of benzene rings is 1. The van der Waals surface area contributed by atoms with Crippen molar-refractivity contribution in [2.75, 3.05) is 39.3 Å². The first-order valence-corrected chi connectivity index (χ1v) is 10.4. The van der Waals surface area contributed by atoms with Crippen molar-refractivity contribution in [3.05, 3.63) is 51.8 Å². The van der Waals surface area contributed by atoms with E-state index in [1.54, 1.807) is 0 Å². The van der Waals surface area contributed by atoms with Crippen LogP contribution in [0.15, 0.2) is 24.3 Å². The van der Waals surface area contributed by atoms with Crippen LogP contribution in [0.3, 0.4) is 0 Å². The van der Waals surface area contributed by atoms with E-state index in [1.165, 1.54) is 43.9 Å². The van der Waals surface area contributed by atoms with Gasteiger partial charge in [0.2, 0.25) is 0 Å². The molecule has 6 heteroatoms. The first kappa shape index (κ1) is 18.9. The lowest BCUT2D eigenvalue weighted by atomic mass is 10.1.